The molecule has 1 aromatic rings. The first-order chi connectivity index (χ1) is 13.6. The van der Waals surface area contributed by atoms with Crippen molar-refractivity contribution in [1.29, 1.82) is 0 Å². The predicted molar refractivity (Wildman–Crippen MR) is 101 cm³/mol. The minimum absolute atomic E-state index is 0.0171. The quantitative estimate of drug-likeness (QED) is 0.779. The second-order valence-corrected chi connectivity index (χ2v) is 8.17. The lowest BCUT2D eigenvalue weighted by atomic mass is 9.83. The molecule has 160 valence electrons. The number of amides is 2. The molecule has 0 aliphatic carbocycles. The molecule has 1 aromatic carbocycles. The van der Waals surface area contributed by atoms with E-state index in [4.69, 9.17) is 0 Å². The van der Waals surface area contributed by atoms with Crippen LogP contribution in [0.1, 0.15) is 63.0 Å². The highest BCUT2D eigenvalue weighted by Crippen LogP contribution is 2.37. The van der Waals surface area contributed by atoms with E-state index in [1.165, 1.54) is 12.1 Å². The van der Waals surface area contributed by atoms with Crippen molar-refractivity contribution in [3.8, 4) is 0 Å². The van der Waals surface area contributed by atoms with E-state index in [1.54, 1.807) is 4.90 Å². The molecular weight excluding hydrogens is 385 g/mol. The molecular formula is C21H27F3N2O3. The molecule has 2 saturated heterocycles. The molecule has 2 aliphatic heterocycles. The van der Waals surface area contributed by atoms with Gasteiger partial charge in [0.1, 0.15) is 0 Å². The van der Waals surface area contributed by atoms with Crippen molar-refractivity contribution in [2.75, 3.05) is 13.1 Å². The number of carbonyl (C=O) groups excluding carboxylic acids is 2. The van der Waals surface area contributed by atoms with Crippen LogP contribution >= 0.6 is 0 Å². The monoisotopic (exact) mass is 412 g/mol. The molecule has 8 heteroatoms. The van der Waals surface area contributed by atoms with E-state index in [1.807, 2.05) is 6.92 Å². The summed E-state index contributed by atoms with van der Waals surface area (Å²) >= 11 is 0. The van der Waals surface area contributed by atoms with Gasteiger partial charge in [-0.25, -0.2) is 0 Å². The van der Waals surface area contributed by atoms with Crippen LogP contribution in [0.2, 0.25) is 0 Å². The number of hydrogen-bond donors (Lipinski definition) is 2. The fourth-order valence-corrected chi connectivity index (χ4v) is 4.31. The predicted octanol–water partition coefficient (Wildman–Crippen LogP) is 3.35. The van der Waals surface area contributed by atoms with Gasteiger partial charge in [0.2, 0.25) is 11.8 Å². The topological polar surface area (TPSA) is 69.6 Å². The van der Waals surface area contributed by atoms with Gasteiger partial charge in [0.05, 0.1) is 11.2 Å². The maximum absolute atomic E-state index is 13.0. The largest absolute Gasteiger partial charge is 0.416 e. The second kappa shape index (κ2) is 7.97. The average molecular weight is 412 g/mol. The van der Waals surface area contributed by atoms with E-state index in [9.17, 15) is 27.9 Å². The molecule has 0 radical (unpaired) electrons. The standard InChI is InChI=1S/C21H27F3N2O3/c1-2-19(8-6-17(27)25-19)9-7-18(28)26-12-10-20(29,11-13-26)15-4-3-5-16(14-15)21(22,23)24/h3-5,14,29H,2,6-13H2,1H3,(H,25,27). The summed E-state index contributed by atoms with van der Waals surface area (Å²) in [6.45, 7) is 2.57. The van der Waals surface area contributed by atoms with Crippen LogP contribution in [0.15, 0.2) is 24.3 Å². The van der Waals surface area contributed by atoms with E-state index >= 15 is 0 Å². The van der Waals surface area contributed by atoms with Crippen molar-refractivity contribution in [2.24, 2.45) is 0 Å². The molecule has 5 nitrogen and oxygen atoms in total. The molecule has 1 unspecified atom stereocenters. The van der Waals surface area contributed by atoms with Crippen molar-refractivity contribution in [3.63, 3.8) is 0 Å². The number of hydrogen-bond acceptors (Lipinski definition) is 3. The van der Waals surface area contributed by atoms with E-state index < -0.39 is 17.3 Å². The molecule has 2 fully saturated rings. The maximum atomic E-state index is 13.0. The summed E-state index contributed by atoms with van der Waals surface area (Å²) in [7, 11) is 0. The SMILES string of the molecule is CCC1(CCC(=O)N2CCC(O)(c3cccc(C(F)(F)F)c3)CC2)CCC(=O)N1. The van der Waals surface area contributed by atoms with Crippen molar-refractivity contribution in [2.45, 2.75) is 69.2 Å². The first kappa shape index (κ1) is 21.6. The molecule has 0 spiro atoms. The molecule has 2 N–H and O–H groups in total. The van der Waals surface area contributed by atoms with Gasteiger partial charge in [0.25, 0.3) is 0 Å². The fourth-order valence-electron chi connectivity index (χ4n) is 4.31. The van der Waals surface area contributed by atoms with E-state index in [0.717, 1.165) is 25.0 Å². The van der Waals surface area contributed by atoms with Crippen LogP contribution in [0, 0.1) is 0 Å². The molecule has 2 heterocycles. The number of carbonyl (C=O) groups is 2. The number of halogens is 3. The Morgan fingerprint density at radius 2 is 1.93 bits per heavy atom. The van der Waals surface area contributed by atoms with E-state index in [2.05, 4.69) is 5.32 Å². The summed E-state index contributed by atoms with van der Waals surface area (Å²) in [5.74, 6) is -0.0338. The Kier molecular flexibility index (Phi) is 5.94. The number of likely N-dealkylation sites (tertiary alicyclic amines) is 1. The third-order valence-electron chi connectivity index (χ3n) is 6.40. The van der Waals surface area contributed by atoms with Gasteiger partial charge in [0.15, 0.2) is 0 Å². The highest BCUT2D eigenvalue weighted by atomic mass is 19.4. The smallest absolute Gasteiger partial charge is 0.385 e. The Morgan fingerprint density at radius 1 is 1.24 bits per heavy atom. The summed E-state index contributed by atoms with van der Waals surface area (Å²) in [6.07, 6.45) is -1.24. The minimum Gasteiger partial charge on any atom is -0.385 e. The number of rotatable bonds is 5. The highest BCUT2D eigenvalue weighted by molar-refractivity contribution is 5.80. The van der Waals surface area contributed by atoms with Crippen LogP contribution in [0.3, 0.4) is 0 Å². The van der Waals surface area contributed by atoms with Gasteiger partial charge in [-0.3, -0.25) is 9.59 Å². The van der Waals surface area contributed by atoms with Crippen LogP contribution in [-0.4, -0.2) is 40.4 Å². The van der Waals surface area contributed by atoms with Crippen molar-refractivity contribution in [1.82, 2.24) is 10.2 Å². The number of benzene rings is 1. The van der Waals surface area contributed by atoms with Gasteiger partial charge in [0, 0.05) is 31.5 Å². The molecule has 0 saturated carbocycles. The van der Waals surface area contributed by atoms with Gasteiger partial charge in [-0.05, 0) is 49.8 Å². The molecule has 0 aromatic heterocycles. The number of piperidine rings is 1. The van der Waals surface area contributed by atoms with Gasteiger partial charge in [-0.2, -0.15) is 13.2 Å². The molecule has 3 rings (SSSR count). The summed E-state index contributed by atoms with van der Waals surface area (Å²) in [5, 5.41) is 13.9. The summed E-state index contributed by atoms with van der Waals surface area (Å²) in [6, 6.07) is 4.77. The number of nitrogens with zero attached hydrogens (tertiary/aromatic N) is 1. The molecule has 2 amide bonds. The Labute approximate surface area is 168 Å². The average Bonchev–Trinajstić information content (AvgIpc) is 3.08. The van der Waals surface area contributed by atoms with Crippen LogP contribution in [-0.2, 0) is 21.4 Å². The minimum atomic E-state index is -4.46. The fraction of sp³-hybridized carbons (Fsp3) is 0.619. The van der Waals surface area contributed by atoms with Crippen molar-refractivity contribution in [3.05, 3.63) is 35.4 Å². The second-order valence-electron chi connectivity index (χ2n) is 8.17. The van der Waals surface area contributed by atoms with Crippen LogP contribution in [0.4, 0.5) is 13.2 Å². The lowest BCUT2D eigenvalue weighted by Crippen LogP contribution is -2.46. The number of nitrogens with one attached hydrogen (secondary N) is 1. The zero-order valence-electron chi connectivity index (χ0n) is 16.5. The molecule has 2 aliphatic rings. The zero-order chi connectivity index (χ0) is 21.3. The number of alkyl halides is 3. The van der Waals surface area contributed by atoms with Crippen molar-refractivity contribution < 1.29 is 27.9 Å². The van der Waals surface area contributed by atoms with E-state index in [0.29, 0.717) is 19.3 Å². The third kappa shape index (κ3) is 4.74. The van der Waals surface area contributed by atoms with Gasteiger partial charge in [-0.1, -0.05) is 19.1 Å². The van der Waals surface area contributed by atoms with Crippen LogP contribution in [0.25, 0.3) is 0 Å². The lowest BCUT2D eigenvalue weighted by molar-refractivity contribution is -0.138. The van der Waals surface area contributed by atoms with Gasteiger partial charge >= 0.3 is 6.18 Å². The zero-order valence-corrected chi connectivity index (χ0v) is 16.5. The summed E-state index contributed by atoms with van der Waals surface area (Å²) < 4.78 is 38.9. The van der Waals surface area contributed by atoms with Crippen LogP contribution in [0.5, 0.6) is 0 Å². The first-order valence-corrected chi connectivity index (χ1v) is 10.1. The molecule has 1 atom stereocenters. The third-order valence-corrected chi connectivity index (χ3v) is 6.40. The maximum Gasteiger partial charge on any atom is 0.416 e. The Morgan fingerprint density at radius 3 is 2.48 bits per heavy atom. The summed E-state index contributed by atoms with van der Waals surface area (Å²) in [5.41, 5.74) is -2.24. The van der Waals surface area contributed by atoms with Crippen LogP contribution < -0.4 is 5.32 Å². The molecule has 29 heavy (non-hydrogen) atoms. The Balaban J connectivity index is 1.58. The highest BCUT2D eigenvalue weighted by Gasteiger charge is 2.39. The number of aliphatic hydroxyl groups is 1. The van der Waals surface area contributed by atoms with Crippen molar-refractivity contribution >= 4 is 11.8 Å². The Hall–Kier alpha value is -2.09. The summed E-state index contributed by atoms with van der Waals surface area (Å²) in [4.78, 5) is 25.8. The lowest BCUT2D eigenvalue weighted by Gasteiger charge is -2.39. The Bertz CT molecular complexity index is 773. The van der Waals surface area contributed by atoms with E-state index in [-0.39, 0.29) is 48.8 Å². The molecule has 0 bridgehead atoms. The van der Waals surface area contributed by atoms with Gasteiger partial charge in [-0.15, -0.1) is 0 Å². The first-order valence-electron chi connectivity index (χ1n) is 10.1. The van der Waals surface area contributed by atoms with Gasteiger partial charge < -0.3 is 15.3 Å². The normalized spacial score (nSPS) is 24.4.